The van der Waals surface area contributed by atoms with E-state index in [1.807, 2.05) is 56.3 Å². The van der Waals surface area contributed by atoms with E-state index in [-0.39, 0.29) is 17.9 Å². The summed E-state index contributed by atoms with van der Waals surface area (Å²) in [6, 6.07) is 12.7. The van der Waals surface area contributed by atoms with Crippen LogP contribution in [0.2, 0.25) is 0 Å². The molecule has 3 rings (SSSR count). The van der Waals surface area contributed by atoms with Crippen molar-refractivity contribution in [3.63, 3.8) is 0 Å². The second-order valence-corrected chi connectivity index (χ2v) is 5.48. The maximum absolute atomic E-state index is 12.6. The maximum atomic E-state index is 12.6. The van der Waals surface area contributed by atoms with Crippen molar-refractivity contribution in [2.45, 2.75) is 26.3 Å². The summed E-state index contributed by atoms with van der Waals surface area (Å²) in [5.41, 5.74) is 0.654. The van der Waals surface area contributed by atoms with Crippen molar-refractivity contribution in [2.75, 3.05) is 4.90 Å². The zero-order valence-corrected chi connectivity index (χ0v) is 12.2. The van der Waals surface area contributed by atoms with Gasteiger partial charge in [-0.3, -0.25) is 4.79 Å². The summed E-state index contributed by atoms with van der Waals surface area (Å²) in [5.74, 6) is -0.0351. The van der Waals surface area contributed by atoms with Crippen LogP contribution in [-0.4, -0.2) is 18.0 Å². The van der Waals surface area contributed by atoms with Gasteiger partial charge in [-0.05, 0) is 17.4 Å². The molecule has 1 fully saturated rings. The summed E-state index contributed by atoms with van der Waals surface area (Å²) in [5, 5.41) is 4.73. The highest BCUT2D eigenvalue weighted by Gasteiger charge is 2.41. The van der Waals surface area contributed by atoms with Gasteiger partial charge in [0.2, 0.25) is 0 Å². The third-order valence-electron chi connectivity index (χ3n) is 4.19. The summed E-state index contributed by atoms with van der Waals surface area (Å²) in [7, 11) is 0. The molecule has 2 aromatic carbocycles. The molecule has 1 heterocycles. The highest BCUT2D eigenvalue weighted by atomic mass is 16.2. The second-order valence-electron chi connectivity index (χ2n) is 5.48. The first kappa shape index (κ1) is 13.6. The lowest BCUT2D eigenvalue weighted by Crippen LogP contribution is -2.35. The highest BCUT2D eigenvalue weighted by Crippen LogP contribution is 2.30. The zero-order valence-electron chi connectivity index (χ0n) is 12.2. The number of anilines is 1. The number of amides is 3. The number of nitrogens with zero attached hydrogens (tertiary/aromatic N) is 1. The Morgan fingerprint density at radius 1 is 1.14 bits per heavy atom. The molecule has 0 radical (unpaired) electrons. The number of carbonyl (C=O) groups is 2. The molecule has 1 saturated heterocycles. The standard InChI is InChI=1S/C17H18N2O2/c1-3-11(2)15-16(20)19(17(21)18-15)14-10-6-8-12-7-4-5-9-13(12)14/h4-11,15H,3H2,1-2H3,(H,18,21)/t11-,15-/m0/s1. The molecule has 0 aromatic heterocycles. The molecule has 1 aliphatic rings. The maximum Gasteiger partial charge on any atom is 0.329 e. The first-order valence-electron chi connectivity index (χ1n) is 7.25. The topological polar surface area (TPSA) is 49.4 Å². The molecule has 1 N–H and O–H groups in total. The molecular formula is C17H18N2O2. The summed E-state index contributed by atoms with van der Waals surface area (Å²) in [4.78, 5) is 26.1. The molecule has 3 amide bonds. The van der Waals surface area contributed by atoms with Gasteiger partial charge >= 0.3 is 6.03 Å². The second kappa shape index (κ2) is 5.20. The van der Waals surface area contributed by atoms with Gasteiger partial charge in [0.15, 0.2) is 0 Å². The van der Waals surface area contributed by atoms with E-state index in [9.17, 15) is 9.59 Å². The lowest BCUT2D eigenvalue weighted by Gasteiger charge is -2.17. The van der Waals surface area contributed by atoms with Gasteiger partial charge in [-0.15, -0.1) is 0 Å². The number of benzene rings is 2. The van der Waals surface area contributed by atoms with Gasteiger partial charge in [0.05, 0.1) is 5.69 Å². The fourth-order valence-corrected chi connectivity index (χ4v) is 2.75. The third-order valence-corrected chi connectivity index (χ3v) is 4.19. The summed E-state index contributed by atoms with van der Waals surface area (Å²) in [6.45, 7) is 4.00. The molecule has 0 unspecified atom stereocenters. The molecule has 2 aromatic rings. The van der Waals surface area contributed by atoms with Crippen molar-refractivity contribution in [2.24, 2.45) is 5.92 Å². The Morgan fingerprint density at radius 3 is 2.62 bits per heavy atom. The van der Waals surface area contributed by atoms with Gasteiger partial charge in [0, 0.05) is 5.39 Å². The summed E-state index contributed by atoms with van der Waals surface area (Å²) >= 11 is 0. The van der Waals surface area contributed by atoms with Crippen LogP contribution in [0, 0.1) is 5.92 Å². The van der Waals surface area contributed by atoms with Gasteiger partial charge in [-0.25, -0.2) is 9.69 Å². The number of carbonyl (C=O) groups excluding carboxylic acids is 2. The number of hydrogen-bond donors (Lipinski definition) is 1. The minimum absolute atomic E-state index is 0.126. The molecule has 108 valence electrons. The first-order valence-corrected chi connectivity index (χ1v) is 7.25. The lowest BCUT2D eigenvalue weighted by atomic mass is 9.99. The molecule has 0 saturated carbocycles. The zero-order chi connectivity index (χ0) is 15.0. The van der Waals surface area contributed by atoms with E-state index >= 15 is 0 Å². The molecule has 0 aliphatic carbocycles. The van der Waals surface area contributed by atoms with E-state index in [1.165, 1.54) is 4.90 Å². The van der Waals surface area contributed by atoms with E-state index in [0.29, 0.717) is 5.69 Å². The Morgan fingerprint density at radius 2 is 1.86 bits per heavy atom. The largest absolute Gasteiger partial charge is 0.329 e. The number of nitrogens with one attached hydrogen (secondary N) is 1. The van der Waals surface area contributed by atoms with Crippen molar-refractivity contribution in [3.8, 4) is 0 Å². The smallest absolute Gasteiger partial charge is 0.325 e. The number of hydrogen-bond acceptors (Lipinski definition) is 2. The monoisotopic (exact) mass is 282 g/mol. The Labute approximate surface area is 123 Å². The van der Waals surface area contributed by atoms with Crippen LogP contribution in [0.5, 0.6) is 0 Å². The Kier molecular flexibility index (Phi) is 3.37. The summed E-state index contributed by atoms with van der Waals surface area (Å²) < 4.78 is 0. The van der Waals surface area contributed by atoms with E-state index < -0.39 is 6.04 Å². The molecular weight excluding hydrogens is 264 g/mol. The minimum atomic E-state index is -0.429. The van der Waals surface area contributed by atoms with Crippen LogP contribution in [0.4, 0.5) is 10.5 Å². The van der Waals surface area contributed by atoms with Crippen LogP contribution in [0.1, 0.15) is 20.3 Å². The quantitative estimate of drug-likeness (QED) is 0.878. The lowest BCUT2D eigenvalue weighted by molar-refractivity contribution is -0.119. The third kappa shape index (κ3) is 2.17. The van der Waals surface area contributed by atoms with Crippen molar-refractivity contribution >= 4 is 28.4 Å². The minimum Gasteiger partial charge on any atom is -0.325 e. The molecule has 4 heteroatoms. The molecule has 4 nitrogen and oxygen atoms in total. The van der Waals surface area contributed by atoms with Crippen molar-refractivity contribution < 1.29 is 9.59 Å². The van der Waals surface area contributed by atoms with Crippen LogP contribution in [-0.2, 0) is 4.79 Å². The van der Waals surface area contributed by atoms with Crippen LogP contribution < -0.4 is 10.2 Å². The normalized spacial score (nSPS) is 19.9. The number of urea groups is 1. The SMILES string of the molecule is CC[C@H](C)[C@@H]1NC(=O)N(c2cccc3ccccc23)C1=O. The number of fused-ring (bicyclic) bond motifs is 1. The fraction of sp³-hybridized carbons (Fsp3) is 0.294. The number of rotatable bonds is 3. The van der Waals surface area contributed by atoms with Crippen LogP contribution in [0.15, 0.2) is 42.5 Å². The average Bonchev–Trinajstić information content (AvgIpc) is 2.81. The predicted octanol–water partition coefficient (Wildman–Crippen LogP) is 3.31. The Bertz CT molecular complexity index is 706. The van der Waals surface area contributed by atoms with Crippen LogP contribution in [0.25, 0.3) is 10.8 Å². The number of imide groups is 1. The molecule has 1 aliphatic heterocycles. The van der Waals surface area contributed by atoms with Gasteiger partial charge < -0.3 is 5.32 Å². The van der Waals surface area contributed by atoms with Gasteiger partial charge in [0.25, 0.3) is 5.91 Å². The van der Waals surface area contributed by atoms with E-state index in [0.717, 1.165) is 17.2 Å². The van der Waals surface area contributed by atoms with Gasteiger partial charge in [-0.2, -0.15) is 0 Å². The summed E-state index contributed by atoms with van der Waals surface area (Å²) in [6.07, 6.45) is 0.847. The highest BCUT2D eigenvalue weighted by molar-refractivity contribution is 6.24. The Balaban J connectivity index is 2.07. The van der Waals surface area contributed by atoms with Crippen molar-refractivity contribution in [3.05, 3.63) is 42.5 Å². The predicted molar refractivity (Wildman–Crippen MR) is 83.2 cm³/mol. The van der Waals surface area contributed by atoms with Crippen LogP contribution in [0.3, 0.4) is 0 Å². The first-order chi connectivity index (χ1) is 10.1. The fourth-order valence-electron chi connectivity index (χ4n) is 2.75. The van der Waals surface area contributed by atoms with E-state index in [1.54, 1.807) is 0 Å². The van der Waals surface area contributed by atoms with Gasteiger partial charge in [-0.1, -0.05) is 56.7 Å². The van der Waals surface area contributed by atoms with Crippen molar-refractivity contribution in [1.29, 1.82) is 0 Å². The molecule has 0 bridgehead atoms. The average molecular weight is 282 g/mol. The van der Waals surface area contributed by atoms with Crippen molar-refractivity contribution in [1.82, 2.24) is 5.32 Å². The molecule has 2 atom stereocenters. The van der Waals surface area contributed by atoms with Gasteiger partial charge in [0.1, 0.15) is 6.04 Å². The Hall–Kier alpha value is -2.36. The van der Waals surface area contributed by atoms with E-state index in [2.05, 4.69) is 5.32 Å². The molecule has 0 spiro atoms. The molecule has 21 heavy (non-hydrogen) atoms. The van der Waals surface area contributed by atoms with Crippen LogP contribution >= 0.6 is 0 Å². The van der Waals surface area contributed by atoms with E-state index in [4.69, 9.17) is 0 Å².